The predicted octanol–water partition coefficient (Wildman–Crippen LogP) is 1.13. The van der Waals surface area contributed by atoms with Crippen molar-refractivity contribution in [3.63, 3.8) is 0 Å². The van der Waals surface area contributed by atoms with E-state index in [2.05, 4.69) is 5.32 Å². The van der Waals surface area contributed by atoms with Crippen LogP contribution in [0, 0.1) is 5.92 Å². The number of sulfone groups is 1. The first kappa shape index (κ1) is 19.7. The zero-order valence-corrected chi connectivity index (χ0v) is 16.5. The van der Waals surface area contributed by atoms with Crippen LogP contribution in [0.15, 0.2) is 24.3 Å². The molecule has 0 spiro atoms. The molecular weight excluding hydrogens is 368 g/mol. The molecule has 0 bridgehead atoms. The van der Waals surface area contributed by atoms with Crippen molar-refractivity contribution < 1.29 is 22.7 Å². The van der Waals surface area contributed by atoms with Crippen molar-refractivity contribution in [2.75, 3.05) is 18.1 Å². The third-order valence-electron chi connectivity index (χ3n) is 4.94. The van der Waals surface area contributed by atoms with Crippen molar-refractivity contribution in [2.45, 2.75) is 45.4 Å². The first-order valence-corrected chi connectivity index (χ1v) is 11.1. The summed E-state index contributed by atoms with van der Waals surface area (Å²) in [6.07, 6.45) is 0.713. The Morgan fingerprint density at radius 2 is 2.00 bits per heavy atom. The summed E-state index contributed by atoms with van der Waals surface area (Å²) in [5.41, 5.74) is 0.947. The summed E-state index contributed by atoms with van der Waals surface area (Å²) < 4.78 is 28.9. The van der Waals surface area contributed by atoms with Crippen LogP contribution in [0.5, 0.6) is 5.75 Å². The molecule has 0 unspecified atom stereocenters. The minimum absolute atomic E-state index is 0.0118. The molecule has 2 heterocycles. The normalized spacial score (nSPS) is 24.4. The molecule has 0 aliphatic carbocycles. The van der Waals surface area contributed by atoms with Crippen LogP contribution in [0.25, 0.3) is 0 Å². The van der Waals surface area contributed by atoms with E-state index in [0.717, 1.165) is 11.3 Å². The molecule has 148 valence electrons. The molecule has 0 saturated carbocycles. The Labute approximate surface area is 160 Å². The van der Waals surface area contributed by atoms with Crippen LogP contribution in [0.4, 0.5) is 0 Å². The molecule has 0 radical (unpaired) electrons. The van der Waals surface area contributed by atoms with Crippen molar-refractivity contribution in [1.29, 1.82) is 0 Å². The number of nitrogens with one attached hydrogen (secondary N) is 1. The Hall–Kier alpha value is -2.09. The SMILES string of the molecule is CC(C)Oc1ccc(CNC(=O)[C@H]2CC(=O)N([C@H]3CCS(=O)(=O)C3)C2)cc1. The third-order valence-corrected chi connectivity index (χ3v) is 6.69. The highest BCUT2D eigenvalue weighted by Gasteiger charge is 2.41. The molecule has 1 aromatic rings. The fraction of sp³-hybridized carbons (Fsp3) is 0.579. The van der Waals surface area contributed by atoms with Gasteiger partial charge in [0.2, 0.25) is 11.8 Å². The van der Waals surface area contributed by atoms with Crippen LogP contribution in [0.1, 0.15) is 32.3 Å². The molecule has 3 rings (SSSR count). The standard InChI is InChI=1S/C19H26N2O5S/c1-13(2)26-17-5-3-14(4-6-17)10-20-19(23)15-9-18(22)21(11-15)16-7-8-27(24,25)12-16/h3-6,13,15-16H,7-12H2,1-2H3,(H,20,23)/t15-,16-/m0/s1. The fourth-order valence-corrected chi connectivity index (χ4v) is 5.30. The molecule has 27 heavy (non-hydrogen) atoms. The van der Waals surface area contributed by atoms with Crippen molar-refractivity contribution in [3.05, 3.63) is 29.8 Å². The van der Waals surface area contributed by atoms with Gasteiger partial charge in [0.15, 0.2) is 9.84 Å². The number of benzene rings is 1. The van der Waals surface area contributed by atoms with Gasteiger partial charge in [0.25, 0.3) is 0 Å². The molecule has 1 N–H and O–H groups in total. The second kappa shape index (κ2) is 7.88. The van der Waals surface area contributed by atoms with E-state index in [9.17, 15) is 18.0 Å². The van der Waals surface area contributed by atoms with E-state index in [1.54, 1.807) is 4.90 Å². The minimum atomic E-state index is -3.06. The molecule has 1 aromatic carbocycles. The van der Waals surface area contributed by atoms with Gasteiger partial charge in [-0.2, -0.15) is 0 Å². The van der Waals surface area contributed by atoms with Gasteiger partial charge in [-0.05, 0) is 38.0 Å². The van der Waals surface area contributed by atoms with Gasteiger partial charge in [-0.25, -0.2) is 8.42 Å². The minimum Gasteiger partial charge on any atom is -0.491 e. The fourth-order valence-electron chi connectivity index (χ4n) is 3.57. The lowest BCUT2D eigenvalue weighted by atomic mass is 10.1. The summed E-state index contributed by atoms with van der Waals surface area (Å²) in [5.74, 6) is 0.182. The molecule has 0 aromatic heterocycles. The Balaban J connectivity index is 1.51. The molecule has 2 fully saturated rings. The van der Waals surface area contributed by atoms with E-state index in [1.165, 1.54) is 0 Å². The van der Waals surface area contributed by atoms with Crippen LogP contribution in [0.2, 0.25) is 0 Å². The molecule has 2 atom stereocenters. The molecule has 2 aliphatic heterocycles. The van der Waals surface area contributed by atoms with E-state index in [4.69, 9.17) is 4.74 Å². The lowest BCUT2D eigenvalue weighted by Crippen LogP contribution is -2.39. The lowest BCUT2D eigenvalue weighted by molar-refractivity contribution is -0.130. The average Bonchev–Trinajstić information content (AvgIpc) is 3.15. The van der Waals surface area contributed by atoms with Crippen molar-refractivity contribution in [2.24, 2.45) is 5.92 Å². The summed E-state index contributed by atoms with van der Waals surface area (Å²) in [6.45, 7) is 4.60. The molecular formula is C19H26N2O5S. The number of carbonyl (C=O) groups is 2. The van der Waals surface area contributed by atoms with Crippen molar-refractivity contribution in [1.82, 2.24) is 10.2 Å². The van der Waals surface area contributed by atoms with Crippen molar-refractivity contribution >= 4 is 21.7 Å². The van der Waals surface area contributed by atoms with Gasteiger partial charge in [-0.15, -0.1) is 0 Å². The van der Waals surface area contributed by atoms with E-state index in [-0.39, 0.29) is 41.9 Å². The van der Waals surface area contributed by atoms with E-state index < -0.39 is 15.8 Å². The van der Waals surface area contributed by atoms with Crippen LogP contribution in [0.3, 0.4) is 0 Å². The lowest BCUT2D eigenvalue weighted by Gasteiger charge is -2.22. The van der Waals surface area contributed by atoms with Crippen LogP contribution in [-0.2, 0) is 26.0 Å². The number of likely N-dealkylation sites (tertiary alicyclic amines) is 1. The van der Waals surface area contributed by atoms with Crippen LogP contribution >= 0.6 is 0 Å². The monoisotopic (exact) mass is 394 g/mol. The first-order chi connectivity index (χ1) is 12.7. The number of carbonyl (C=O) groups excluding carboxylic acids is 2. The molecule has 2 amide bonds. The van der Waals surface area contributed by atoms with Gasteiger partial charge in [0.05, 0.1) is 23.5 Å². The molecule has 8 heteroatoms. The summed E-state index contributed by atoms with van der Waals surface area (Å²) in [4.78, 5) is 26.2. The number of ether oxygens (including phenoxy) is 1. The maximum atomic E-state index is 12.4. The second-order valence-electron chi connectivity index (χ2n) is 7.53. The number of hydrogen-bond acceptors (Lipinski definition) is 5. The van der Waals surface area contributed by atoms with Gasteiger partial charge >= 0.3 is 0 Å². The Morgan fingerprint density at radius 3 is 2.59 bits per heavy atom. The third kappa shape index (κ3) is 5.00. The summed E-state index contributed by atoms with van der Waals surface area (Å²) >= 11 is 0. The Kier molecular flexibility index (Phi) is 5.74. The van der Waals surface area contributed by atoms with Crippen molar-refractivity contribution in [3.8, 4) is 5.75 Å². The largest absolute Gasteiger partial charge is 0.491 e. The summed E-state index contributed by atoms with van der Waals surface area (Å²) in [7, 11) is -3.06. The average molecular weight is 394 g/mol. The number of nitrogens with zero attached hydrogens (tertiary/aromatic N) is 1. The van der Waals surface area contributed by atoms with E-state index in [0.29, 0.717) is 19.5 Å². The van der Waals surface area contributed by atoms with Gasteiger partial charge in [0, 0.05) is 25.6 Å². The molecule has 2 aliphatic rings. The highest BCUT2D eigenvalue weighted by atomic mass is 32.2. The zero-order chi connectivity index (χ0) is 19.6. The second-order valence-corrected chi connectivity index (χ2v) is 9.76. The number of rotatable bonds is 6. The predicted molar refractivity (Wildman–Crippen MR) is 101 cm³/mol. The zero-order valence-electron chi connectivity index (χ0n) is 15.7. The molecule has 7 nitrogen and oxygen atoms in total. The van der Waals surface area contributed by atoms with E-state index in [1.807, 2.05) is 38.1 Å². The maximum Gasteiger partial charge on any atom is 0.225 e. The Morgan fingerprint density at radius 1 is 1.30 bits per heavy atom. The first-order valence-electron chi connectivity index (χ1n) is 9.27. The quantitative estimate of drug-likeness (QED) is 0.781. The summed E-state index contributed by atoms with van der Waals surface area (Å²) in [5, 5.41) is 2.87. The highest BCUT2D eigenvalue weighted by molar-refractivity contribution is 7.91. The maximum absolute atomic E-state index is 12.4. The number of amides is 2. The van der Waals surface area contributed by atoms with Gasteiger partial charge in [-0.1, -0.05) is 12.1 Å². The smallest absolute Gasteiger partial charge is 0.225 e. The number of hydrogen-bond donors (Lipinski definition) is 1. The molecule has 2 saturated heterocycles. The Bertz CT molecular complexity index is 804. The van der Waals surface area contributed by atoms with E-state index >= 15 is 0 Å². The van der Waals surface area contributed by atoms with Gasteiger partial charge in [-0.3, -0.25) is 9.59 Å². The van der Waals surface area contributed by atoms with Gasteiger partial charge in [0.1, 0.15) is 5.75 Å². The highest BCUT2D eigenvalue weighted by Crippen LogP contribution is 2.26. The topological polar surface area (TPSA) is 92.8 Å². The van der Waals surface area contributed by atoms with Gasteiger partial charge < -0.3 is 15.0 Å². The summed E-state index contributed by atoms with van der Waals surface area (Å²) in [6, 6.07) is 7.24. The van der Waals surface area contributed by atoms with Crippen LogP contribution < -0.4 is 10.1 Å². The van der Waals surface area contributed by atoms with Crippen LogP contribution in [-0.4, -0.2) is 55.3 Å².